The molecule has 0 aliphatic carbocycles. The molecule has 0 radical (unpaired) electrons. The van der Waals surface area contributed by atoms with Crippen molar-refractivity contribution in [1.29, 1.82) is 0 Å². The number of halogens is 1. The van der Waals surface area contributed by atoms with Crippen molar-refractivity contribution < 1.29 is 18.7 Å². The van der Waals surface area contributed by atoms with Gasteiger partial charge in [0.15, 0.2) is 0 Å². The average Bonchev–Trinajstić information content (AvgIpc) is 3.55. The molecule has 2 atom stereocenters. The summed E-state index contributed by atoms with van der Waals surface area (Å²) in [5.74, 6) is 1.65. The lowest BCUT2D eigenvalue weighted by Crippen LogP contribution is -2.33. The van der Waals surface area contributed by atoms with Crippen LogP contribution in [0.4, 0.5) is 0 Å². The van der Waals surface area contributed by atoms with Crippen LogP contribution in [0.3, 0.4) is 0 Å². The Kier molecular flexibility index (Phi) is 5.19. The summed E-state index contributed by atoms with van der Waals surface area (Å²) in [6.45, 7) is 0. The Morgan fingerprint density at radius 1 is 1.00 bits per heavy atom. The highest BCUT2D eigenvalue weighted by molar-refractivity contribution is 9.10. The quantitative estimate of drug-likeness (QED) is 0.229. The van der Waals surface area contributed by atoms with Crippen molar-refractivity contribution in [3.63, 3.8) is 0 Å². The number of hydrazone groups is 1. The van der Waals surface area contributed by atoms with Gasteiger partial charge >= 0.3 is 5.97 Å². The van der Waals surface area contributed by atoms with Crippen LogP contribution >= 0.6 is 15.9 Å². The number of hydrogen-bond acceptors (Lipinski definition) is 6. The van der Waals surface area contributed by atoms with Crippen molar-refractivity contribution >= 4 is 27.6 Å². The fraction of sp³-hybridized carbons (Fsp3) is 0.111. The molecule has 168 valence electrons. The fourth-order valence-electron chi connectivity index (χ4n) is 4.31. The minimum Gasteiger partial charge on any atom is -0.464 e. The molecule has 0 unspecified atom stereocenters. The van der Waals surface area contributed by atoms with E-state index in [1.54, 1.807) is 42.7 Å². The minimum atomic E-state index is -0.426. The first-order chi connectivity index (χ1) is 16.7. The van der Waals surface area contributed by atoms with Crippen molar-refractivity contribution in [2.45, 2.75) is 18.7 Å². The van der Waals surface area contributed by atoms with Crippen LogP contribution in [0.2, 0.25) is 0 Å². The second-order valence-electron chi connectivity index (χ2n) is 8.10. The van der Waals surface area contributed by atoms with Gasteiger partial charge in [0.2, 0.25) is 6.23 Å². The summed E-state index contributed by atoms with van der Waals surface area (Å²) in [6.07, 6.45) is 1.94. The number of carbonyl (C=O) groups excluding carboxylic acids is 1. The molecule has 1 aromatic heterocycles. The van der Waals surface area contributed by atoms with Gasteiger partial charge in [-0.25, -0.2) is 9.80 Å². The third kappa shape index (κ3) is 3.78. The number of benzene rings is 3. The van der Waals surface area contributed by atoms with E-state index < -0.39 is 12.2 Å². The van der Waals surface area contributed by atoms with Crippen LogP contribution in [0.15, 0.2) is 105 Å². The smallest absolute Gasteiger partial charge is 0.343 e. The monoisotopic (exact) mass is 514 g/mol. The molecule has 4 aromatic rings. The molecule has 3 heterocycles. The molecule has 0 bridgehead atoms. The molecule has 6 rings (SSSR count). The summed E-state index contributed by atoms with van der Waals surface area (Å²) < 4.78 is 18.5. The summed E-state index contributed by atoms with van der Waals surface area (Å²) in [5.41, 5.74) is 3.36. The highest BCUT2D eigenvalue weighted by Gasteiger charge is 2.41. The number of nitrogens with zero attached hydrogens (tertiary/aromatic N) is 2. The second kappa shape index (κ2) is 8.50. The van der Waals surface area contributed by atoms with Crippen molar-refractivity contribution in [1.82, 2.24) is 5.01 Å². The van der Waals surface area contributed by atoms with E-state index in [-0.39, 0.29) is 6.04 Å². The van der Waals surface area contributed by atoms with Gasteiger partial charge in [0.1, 0.15) is 23.0 Å². The van der Waals surface area contributed by atoms with E-state index in [0.717, 1.165) is 32.8 Å². The van der Waals surface area contributed by atoms with Crippen LogP contribution in [-0.4, -0.2) is 16.7 Å². The lowest BCUT2D eigenvalue weighted by molar-refractivity contribution is -0.0191. The van der Waals surface area contributed by atoms with Gasteiger partial charge < -0.3 is 13.9 Å². The highest BCUT2D eigenvalue weighted by atomic mass is 79.9. The SMILES string of the molecule is O=C(Oc1ccc([C@@H]2Oc3ccc(Br)cc3[C@H]3CC(c4ccco4)=NN32)cc1)c1ccccc1. The van der Waals surface area contributed by atoms with Gasteiger partial charge in [-0.15, -0.1) is 0 Å². The molecular weight excluding hydrogens is 496 g/mol. The second-order valence-corrected chi connectivity index (χ2v) is 9.02. The molecule has 6 nitrogen and oxygen atoms in total. The summed E-state index contributed by atoms with van der Waals surface area (Å²) in [6, 6.07) is 26.1. The zero-order chi connectivity index (χ0) is 23.1. The average molecular weight is 515 g/mol. The molecular formula is C27H19BrN2O4. The zero-order valence-electron chi connectivity index (χ0n) is 17.9. The largest absolute Gasteiger partial charge is 0.464 e. The standard InChI is InChI=1S/C27H19BrN2O4/c28-19-10-13-24-21(15-19)23-16-22(25-7-4-14-32-25)29-30(23)26(34-24)17-8-11-20(12-9-17)33-27(31)18-5-2-1-3-6-18/h1-15,23,26H,16H2/t23-,26+/m1/s1. The van der Waals surface area contributed by atoms with Gasteiger partial charge in [-0.05, 0) is 66.7 Å². The molecule has 0 amide bonds. The van der Waals surface area contributed by atoms with Gasteiger partial charge in [0, 0.05) is 22.0 Å². The number of hydrogen-bond donors (Lipinski definition) is 0. The van der Waals surface area contributed by atoms with Crippen LogP contribution in [0.5, 0.6) is 11.5 Å². The first-order valence-corrected chi connectivity index (χ1v) is 11.7. The first-order valence-electron chi connectivity index (χ1n) is 10.9. The third-order valence-corrected chi connectivity index (χ3v) is 6.44. The third-order valence-electron chi connectivity index (χ3n) is 5.94. The Balaban J connectivity index is 1.30. The number of carbonyl (C=O) groups is 1. The molecule has 2 aliphatic rings. The Hall–Kier alpha value is -3.84. The number of esters is 1. The van der Waals surface area contributed by atoms with E-state index in [0.29, 0.717) is 17.7 Å². The molecule has 0 fully saturated rings. The lowest BCUT2D eigenvalue weighted by atomic mass is 9.97. The maximum absolute atomic E-state index is 12.4. The van der Waals surface area contributed by atoms with Crippen LogP contribution in [-0.2, 0) is 0 Å². The number of fused-ring (bicyclic) bond motifs is 3. The van der Waals surface area contributed by atoms with E-state index in [1.165, 1.54) is 0 Å². The highest BCUT2D eigenvalue weighted by Crippen LogP contribution is 2.48. The minimum absolute atomic E-state index is 0.0157. The Labute approximate surface area is 204 Å². The van der Waals surface area contributed by atoms with Crippen molar-refractivity contribution in [2.75, 3.05) is 0 Å². The normalized spacial score (nSPS) is 18.5. The summed E-state index contributed by atoms with van der Waals surface area (Å²) >= 11 is 3.57. The molecule has 0 spiro atoms. The van der Waals surface area contributed by atoms with Crippen LogP contribution in [0.25, 0.3) is 0 Å². The van der Waals surface area contributed by atoms with Gasteiger partial charge in [-0.1, -0.05) is 34.1 Å². The van der Waals surface area contributed by atoms with E-state index in [4.69, 9.17) is 19.0 Å². The number of rotatable bonds is 4. The molecule has 0 N–H and O–H groups in total. The molecule has 0 saturated carbocycles. The summed E-state index contributed by atoms with van der Waals surface area (Å²) in [5, 5.41) is 6.86. The maximum Gasteiger partial charge on any atom is 0.343 e. The van der Waals surface area contributed by atoms with Crippen LogP contribution in [0.1, 0.15) is 45.9 Å². The fourth-order valence-corrected chi connectivity index (χ4v) is 4.69. The van der Waals surface area contributed by atoms with Crippen molar-refractivity contribution in [3.8, 4) is 11.5 Å². The van der Waals surface area contributed by atoms with Crippen molar-refractivity contribution in [3.05, 3.63) is 118 Å². The first kappa shape index (κ1) is 20.7. The maximum atomic E-state index is 12.4. The van der Waals surface area contributed by atoms with Gasteiger partial charge in [0.25, 0.3) is 0 Å². The zero-order valence-corrected chi connectivity index (χ0v) is 19.5. The molecule has 3 aromatic carbocycles. The van der Waals surface area contributed by atoms with Crippen LogP contribution < -0.4 is 9.47 Å². The van der Waals surface area contributed by atoms with Crippen LogP contribution in [0, 0.1) is 0 Å². The van der Waals surface area contributed by atoms with Crippen molar-refractivity contribution in [2.24, 2.45) is 5.10 Å². The Morgan fingerprint density at radius 2 is 1.82 bits per heavy atom. The van der Waals surface area contributed by atoms with E-state index >= 15 is 0 Å². The predicted octanol–water partition coefficient (Wildman–Crippen LogP) is 6.50. The number of ether oxygens (including phenoxy) is 2. The van der Waals surface area contributed by atoms with E-state index in [9.17, 15) is 4.79 Å². The molecule has 0 saturated heterocycles. The predicted molar refractivity (Wildman–Crippen MR) is 130 cm³/mol. The topological polar surface area (TPSA) is 64.3 Å². The summed E-state index contributed by atoms with van der Waals surface area (Å²) in [4.78, 5) is 12.4. The van der Waals surface area contributed by atoms with E-state index in [2.05, 4.69) is 22.0 Å². The Morgan fingerprint density at radius 3 is 2.59 bits per heavy atom. The molecule has 2 aliphatic heterocycles. The lowest BCUT2D eigenvalue weighted by Gasteiger charge is -2.38. The molecule has 34 heavy (non-hydrogen) atoms. The van der Waals surface area contributed by atoms with Gasteiger partial charge in [0.05, 0.1) is 17.9 Å². The molecule has 7 heteroatoms. The number of furan rings is 1. The summed E-state index contributed by atoms with van der Waals surface area (Å²) in [7, 11) is 0. The van der Waals surface area contributed by atoms with E-state index in [1.807, 2.05) is 47.5 Å². The van der Waals surface area contributed by atoms with Gasteiger partial charge in [-0.3, -0.25) is 0 Å². The Bertz CT molecular complexity index is 1370. The van der Waals surface area contributed by atoms with Gasteiger partial charge in [-0.2, -0.15) is 5.10 Å².